The fraction of sp³-hybridized carbons (Fsp3) is 0.429. The smallest absolute Gasteiger partial charge is 0.335 e. The molecule has 0 radical (unpaired) electrons. The molecule has 1 heterocycles. The van der Waals surface area contributed by atoms with Crippen molar-refractivity contribution < 1.29 is 9.90 Å². The van der Waals surface area contributed by atoms with Crippen LogP contribution in [0.5, 0.6) is 0 Å². The molecule has 19 heavy (non-hydrogen) atoms. The fourth-order valence-corrected chi connectivity index (χ4v) is 2.76. The molecule has 2 aromatic rings. The molecule has 0 saturated heterocycles. The maximum Gasteiger partial charge on any atom is 0.335 e. The molecule has 2 N–H and O–H groups in total. The Morgan fingerprint density at radius 1 is 1.47 bits per heavy atom. The molecular formula is C14H16N2O3. The molecule has 1 fully saturated rings. The van der Waals surface area contributed by atoms with Crippen molar-refractivity contribution in [2.75, 3.05) is 0 Å². The minimum absolute atomic E-state index is 0.161. The van der Waals surface area contributed by atoms with E-state index < -0.39 is 5.97 Å². The second-order valence-corrected chi connectivity index (χ2v) is 5.72. The van der Waals surface area contributed by atoms with Crippen LogP contribution in [0.2, 0.25) is 0 Å². The number of aromatic carboxylic acids is 1. The van der Waals surface area contributed by atoms with E-state index in [4.69, 9.17) is 5.11 Å². The van der Waals surface area contributed by atoms with Crippen LogP contribution in [0.15, 0.2) is 23.0 Å². The Labute approximate surface area is 109 Å². The van der Waals surface area contributed by atoms with Gasteiger partial charge in [-0.15, -0.1) is 0 Å². The van der Waals surface area contributed by atoms with Crippen LogP contribution in [0.4, 0.5) is 0 Å². The van der Waals surface area contributed by atoms with Gasteiger partial charge in [0.05, 0.1) is 16.6 Å². The van der Waals surface area contributed by atoms with Gasteiger partial charge in [0, 0.05) is 6.54 Å². The van der Waals surface area contributed by atoms with Gasteiger partial charge in [0.15, 0.2) is 0 Å². The molecule has 0 atom stereocenters. The Hall–Kier alpha value is -2.04. The molecule has 100 valence electrons. The molecule has 5 nitrogen and oxygen atoms in total. The predicted octanol–water partition coefficient (Wildman–Crippen LogP) is 2.22. The first kappa shape index (κ1) is 12.0. The third-order valence-corrected chi connectivity index (χ3v) is 4.12. The lowest BCUT2D eigenvalue weighted by molar-refractivity contribution is 0.0697. The zero-order valence-electron chi connectivity index (χ0n) is 10.8. The van der Waals surface area contributed by atoms with Crippen LogP contribution in [0, 0.1) is 5.41 Å². The van der Waals surface area contributed by atoms with Gasteiger partial charge in [-0.1, -0.05) is 13.3 Å². The normalized spacial score (nSPS) is 17.3. The van der Waals surface area contributed by atoms with Crippen LogP contribution in [0.25, 0.3) is 11.0 Å². The quantitative estimate of drug-likeness (QED) is 0.888. The summed E-state index contributed by atoms with van der Waals surface area (Å²) in [5, 5.41) is 9.03. The number of aromatic nitrogens is 2. The van der Waals surface area contributed by atoms with E-state index in [-0.39, 0.29) is 16.7 Å². The van der Waals surface area contributed by atoms with Crippen molar-refractivity contribution in [3.8, 4) is 0 Å². The van der Waals surface area contributed by atoms with Gasteiger partial charge in [-0.05, 0) is 36.5 Å². The van der Waals surface area contributed by atoms with E-state index in [1.54, 1.807) is 16.7 Å². The summed E-state index contributed by atoms with van der Waals surface area (Å²) < 4.78 is 1.67. The minimum atomic E-state index is -0.975. The number of carboxylic acids is 1. The SMILES string of the molecule is CC1(Cn2c(=O)[nH]c3ccc(C(=O)O)cc32)CCC1. The third-order valence-electron chi connectivity index (χ3n) is 4.12. The van der Waals surface area contributed by atoms with Gasteiger partial charge in [0.2, 0.25) is 0 Å². The number of hydrogen-bond acceptors (Lipinski definition) is 2. The Morgan fingerprint density at radius 2 is 2.21 bits per heavy atom. The lowest BCUT2D eigenvalue weighted by atomic mass is 9.70. The number of benzene rings is 1. The Kier molecular flexibility index (Phi) is 2.52. The first-order chi connectivity index (χ1) is 8.98. The molecule has 1 aromatic carbocycles. The summed E-state index contributed by atoms with van der Waals surface area (Å²) in [7, 11) is 0. The number of fused-ring (bicyclic) bond motifs is 1. The van der Waals surface area contributed by atoms with Crippen molar-refractivity contribution >= 4 is 17.0 Å². The summed E-state index contributed by atoms with van der Waals surface area (Å²) >= 11 is 0. The summed E-state index contributed by atoms with van der Waals surface area (Å²) in [4.78, 5) is 25.8. The highest BCUT2D eigenvalue weighted by Crippen LogP contribution is 2.41. The average molecular weight is 260 g/mol. The van der Waals surface area contributed by atoms with Crippen molar-refractivity contribution in [1.82, 2.24) is 9.55 Å². The van der Waals surface area contributed by atoms with E-state index >= 15 is 0 Å². The minimum Gasteiger partial charge on any atom is -0.478 e. The van der Waals surface area contributed by atoms with Gasteiger partial charge in [-0.3, -0.25) is 4.57 Å². The second-order valence-electron chi connectivity index (χ2n) is 5.72. The molecule has 1 aliphatic rings. The summed E-state index contributed by atoms with van der Waals surface area (Å²) in [5.41, 5.74) is 1.58. The van der Waals surface area contributed by atoms with E-state index in [1.807, 2.05) is 0 Å². The number of hydrogen-bond donors (Lipinski definition) is 2. The molecule has 0 spiro atoms. The predicted molar refractivity (Wildman–Crippen MR) is 71.5 cm³/mol. The number of carbonyl (C=O) groups is 1. The van der Waals surface area contributed by atoms with Gasteiger partial charge in [-0.25, -0.2) is 9.59 Å². The Bertz CT molecular complexity index is 707. The third kappa shape index (κ3) is 1.95. The Balaban J connectivity index is 2.11. The van der Waals surface area contributed by atoms with Crippen molar-refractivity contribution in [1.29, 1.82) is 0 Å². The number of aromatic amines is 1. The lowest BCUT2D eigenvalue weighted by Crippen LogP contribution is -2.34. The zero-order valence-corrected chi connectivity index (χ0v) is 10.8. The highest BCUT2D eigenvalue weighted by molar-refractivity contribution is 5.92. The van der Waals surface area contributed by atoms with Crippen LogP contribution >= 0.6 is 0 Å². The average Bonchev–Trinajstić information content (AvgIpc) is 2.63. The highest BCUT2D eigenvalue weighted by Gasteiger charge is 2.33. The number of nitrogens with one attached hydrogen (secondary N) is 1. The highest BCUT2D eigenvalue weighted by atomic mass is 16.4. The van der Waals surface area contributed by atoms with E-state index in [2.05, 4.69) is 11.9 Å². The maximum absolute atomic E-state index is 12.0. The molecule has 0 aliphatic heterocycles. The number of imidazole rings is 1. The van der Waals surface area contributed by atoms with Crippen molar-refractivity contribution in [2.45, 2.75) is 32.7 Å². The van der Waals surface area contributed by atoms with Gasteiger partial charge >= 0.3 is 11.7 Å². The zero-order chi connectivity index (χ0) is 13.6. The van der Waals surface area contributed by atoms with Crippen LogP contribution < -0.4 is 5.69 Å². The second kappa shape index (κ2) is 3.98. The fourth-order valence-electron chi connectivity index (χ4n) is 2.76. The number of H-pyrrole nitrogens is 1. The molecule has 5 heteroatoms. The van der Waals surface area contributed by atoms with Crippen molar-refractivity contribution in [3.05, 3.63) is 34.2 Å². The van der Waals surface area contributed by atoms with Gasteiger partial charge in [0.1, 0.15) is 0 Å². The Morgan fingerprint density at radius 3 is 2.79 bits per heavy atom. The van der Waals surface area contributed by atoms with E-state index in [1.165, 1.54) is 12.5 Å². The van der Waals surface area contributed by atoms with Gasteiger partial charge < -0.3 is 10.1 Å². The van der Waals surface area contributed by atoms with Crippen LogP contribution in [0.1, 0.15) is 36.5 Å². The van der Waals surface area contributed by atoms with Crippen LogP contribution in [-0.4, -0.2) is 20.6 Å². The number of nitrogens with zero attached hydrogens (tertiary/aromatic N) is 1. The molecule has 0 bridgehead atoms. The summed E-state index contributed by atoms with van der Waals surface area (Å²) in [6.45, 7) is 2.82. The topological polar surface area (TPSA) is 75.1 Å². The first-order valence-corrected chi connectivity index (χ1v) is 6.44. The molecule has 0 unspecified atom stereocenters. The summed E-state index contributed by atoms with van der Waals surface area (Å²) in [5.74, 6) is -0.975. The molecule has 0 amide bonds. The summed E-state index contributed by atoms with van der Waals surface area (Å²) in [6.07, 6.45) is 3.43. The largest absolute Gasteiger partial charge is 0.478 e. The monoisotopic (exact) mass is 260 g/mol. The standard InChI is InChI=1S/C14H16N2O3/c1-14(5-2-6-14)8-16-11-7-9(12(17)18)3-4-10(11)15-13(16)19/h3-4,7H,2,5-6,8H2,1H3,(H,15,19)(H,17,18). The number of rotatable bonds is 3. The maximum atomic E-state index is 12.0. The number of carboxylic acid groups (broad SMARTS) is 1. The van der Waals surface area contributed by atoms with Crippen LogP contribution in [0.3, 0.4) is 0 Å². The summed E-state index contributed by atoms with van der Waals surface area (Å²) in [6, 6.07) is 4.73. The lowest BCUT2D eigenvalue weighted by Gasteiger charge is -2.38. The van der Waals surface area contributed by atoms with Gasteiger partial charge in [-0.2, -0.15) is 0 Å². The molecule has 1 saturated carbocycles. The molecule has 1 aromatic heterocycles. The van der Waals surface area contributed by atoms with Crippen LogP contribution in [-0.2, 0) is 6.54 Å². The van der Waals surface area contributed by atoms with E-state index in [0.29, 0.717) is 17.6 Å². The van der Waals surface area contributed by atoms with Crippen molar-refractivity contribution in [2.24, 2.45) is 5.41 Å². The first-order valence-electron chi connectivity index (χ1n) is 6.44. The van der Waals surface area contributed by atoms with E-state index in [9.17, 15) is 9.59 Å². The molecule has 1 aliphatic carbocycles. The molecular weight excluding hydrogens is 244 g/mol. The molecule has 3 rings (SSSR count). The van der Waals surface area contributed by atoms with Crippen molar-refractivity contribution in [3.63, 3.8) is 0 Å². The van der Waals surface area contributed by atoms with Gasteiger partial charge in [0.25, 0.3) is 0 Å². The van der Waals surface area contributed by atoms with E-state index in [0.717, 1.165) is 12.8 Å².